The molecule has 0 saturated carbocycles. The normalized spacial score (nSPS) is 10.8. The molecule has 0 spiro atoms. The Morgan fingerprint density at radius 2 is 2.10 bits per heavy atom. The number of carbonyl (C=O) groups excluding carboxylic acids is 1. The molecule has 1 aromatic heterocycles. The second kappa shape index (κ2) is 5.29. The van der Waals surface area contributed by atoms with Gasteiger partial charge >= 0.3 is 138 Å². The average molecular weight is 474 g/mol. The van der Waals surface area contributed by atoms with E-state index in [2.05, 4.69) is 26.4 Å². The van der Waals surface area contributed by atoms with Gasteiger partial charge in [-0.1, -0.05) is 0 Å². The number of halogens is 1. The van der Waals surface area contributed by atoms with Gasteiger partial charge in [0.15, 0.2) is 0 Å². The number of nitrogens with zero attached hydrogens (tertiary/aromatic N) is 2. The Morgan fingerprint density at radius 3 is 2.80 bits per heavy atom. The van der Waals surface area contributed by atoms with E-state index >= 15 is 0 Å². The first-order valence-corrected chi connectivity index (χ1v) is 8.46. The van der Waals surface area contributed by atoms with Crippen molar-refractivity contribution in [1.29, 1.82) is 0 Å². The van der Waals surface area contributed by atoms with Crippen LogP contribution in [0.2, 0.25) is 5.02 Å². The molecular formula is C15H10ClN2OTl. The Labute approximate surface area is 137 Å². The molecule has 0 aliphatic carbocycles. The predicted octanol–water partition coefficient (Wildman–Crippen LogP) is 3.41. The molecule has 0 N–H and O–H groups in total. The van der Waals surface area contributed by atoms with Gasteiger partial charge in [0, 0.05) is 0 Å². The van der Waals surface area contributed by atoms with Gasteiger partial charge in [-0.05, 0) is 0 Å². The predicted molar refractivity (Wildman–Crippen MR) is 81.5 cm³/mol. The van der Waals surface area contributed by atoms with Crippen molar-refractivity contribution in [3.63, 3.8) is 0 Å². The molecule has 2 aromatic carbocycles. The zero-order valence-corrected chi connectivity index (χ0v) is 16.0. The molecule has 0 unspecified atom stereocenters. The van der Waals surface area contributed by atoms with Crippen LogP contribution in [-0.2, 0) is 0 Å². The molecule has 0 fully saturated rings. The van der Waals surface area contributed by atoms with Crippen LogP contribution in [0, 0.1) is 6.92 Å². The van der Waals surface area contributed by atoms with E-state index in [0.29, 0.717) is 36.7 Å². The van der Waals surface area contributed by atoms with E-state index < -0.39 is 0 Å². The van der Waals surface area contributed by atoms with Crippen molar-refractivity contribution in [2.45, 2.75) is 6.92 Å². The van der Waals surface area contributed by atoms with Gasteiger partial charge in [-0.25, -0.2) is 0 Å². The van der Waals surface area contributed by atoms with Crippen molar-refractivity contribution in [1.82, 2.24) is 7.36 Å². The van der Waals surface area contributed by atoms with Crippen LogP contribution < -0.4 is 0 Å². The van der Waals surface area contributed by atoms with Crippen LogP contribution in [0.15, 0.2) is 36.7 Å². The third kappa shape index (κ3) is 2.29. The van der Waals surface area contributed by atoms with E-state index in [1.165, 1.54) is 0 Å². The summed E-state index contributed by atoms with van der Waals surface area (Å²) in [6.07, 6.45) is 2.65. The molecular weight excluding hydrogens is 464 g/mol. The summed E-state index contributed by atoms with van der Waals surface area (Å²) in [5.74, 6) is 0. The summed E-state index contributed by atoms with van der Waals surface area (Å²) in [7, 11) is 0. The van der Waals surface area contributed by atoms with Crippen molar-refractivity contribution < 1.29 is 4.79 Å². The van der Waals surface area contributed by atoms with E-state index in [1.54, 1.807) is 6.07 Å². The zero-order chi connectivity index (χ0) is 14.3. The molecule has 0 radical (unpaired) electrons. The van der Waals surface area contributed by atoms with Crippen LogP contribution in [0.25, 0.3) is 22.2 Å². The van der Waals surface area contributed by atoms with Gasteiger partial charge in [0.05, 0.1) is 0 Å². The van der Waals surface area contributed by atoms with E-state index in [9.17, 15) is 4.79 Å². The monoisotopic (exact) mass is 474 g/mol. The fourth-order valence-electron chi connectivity index (χ4n) is 2.28. The second-order valence-electron chi connectivity index (χ2n) is 4.66. The molecule has 0 aliphatic rings. The van der Waals surface area contributed by atoms with E-state index in [-0.39, 0.29) is 0 Å². The molecule has 0 atom stereocenters. The van der Waals surface area contributed by atoms with Crippen molar-refractivity contribution >= 4 is 55.0 Å². The molecule has 5 heteroatoms. The Bertz CT molecular complexity index is 826. The third-order valence-corrected chi connectivity index (χ3v) is 5.29. The average Bonchev–Trinajstić information content (AvgIpc) is 2.78. The van der Waals surface area contributed by atoms with Gasteiger partial charge < -0.3 is 0 Å². The summed E-state index contributed by atoms with van der Waals surface area (Å²) in [6, 6.07) is 9.76. The first kappa shape index (κ1) is 13.8. The van der Waals surface area contributed by atoms with Crippen LogP contribution in [-0.4, -0.2) is 39.7 Å². The van der Waals surface area contributed by atoms with Crippen LogP contribution in [0.5, 0.6) is 0 Å². The number of aryl methyl sites for hydroxylation is 1. The van der Waals surface area contributed by atoms with E-state index in [1.807, 2.05) is 18.5 Å². The molecule has 96 valence electrons. The number of rotatable bonds is 2. The molecule has 3 nitrogen and oxygen atoms in total. The summed E-state index contributed by atoms with van der Waals surface area (Å²) in [4.78, 5) is 15.2. The van der Waals surface area contributed by atoms with E-state index in [4.69, 9.17) is 11.6 Å². The molecule has 0 aliphatic heterocycles. The fraction of sp³-hybridized carbons (Fsp3) is 0.0667. The quantitative estimate of drug-likeness (QED) is 0.422. The van der Waals surface area contributed by atoms with Gasteiger partial charge in [0.25, 0.3) is 0 Å². The van der Waals surface area contributed by atoms with Gasteiger partial charge in [-0.3, -0.25) is 0 Å². The number of hydrogen-bond donors (Lipinski definition) is 0. The number of hydrogen-bond acceptors (Lipinski definition) is 2. The van der Waals surface area contributed by atoms with Crippen molar-refractivity contribution in [2.75, 3.05) is 0 Å². The summed E-state index contributed by atoms with van der Waals surface area (Å²) in [5, 5.41) is 0.484. The van der Waals surface area contributed by atoms with Crippen LogP contribution in [0.3, 0.4) is 0 Å². The van der Waals surface area contributed by atoms with Crippen molar-refractivity contribution in [3.05, 3.63) is 52.8 Å². The maximum absolute atomic E-state index is 10.8. The van der Waals surface area contributed by atoms with Crippen molar-refractivity contribution in [2.24, 2.45) is 0 Å². The molecule has 0 bridgehead atoms. The minimum atomic E-state index is 0.484. The molecule has 20 heavy (non-hydrogen) atoms. The number of imidazole rings is 1. The molecule has 3 aromatic rings. The van der Waals surface area contributed by atoms with Gasteiger partial charge in [0.2, 0.25) is 0 Å². The summed E-state index contributed by atoms with van der Waals surface area (Å²) >= 11 is 6.80. The number of aldehydes is 1. The Kier molecular flexibility index (Phi) is 3.64. The van der Waals surface area contributed by atoms with Crippen LogP contribution in [0.4, 0.5) is 0 Å². The molecule has 0 amide bonds. The first-order chi connectivity index (χ1) is 9.60. The Morgan fingerprint density at radius 1 is 1.30 bits per heavy atom. The number of aromatic nitrogens is 2. The molecule has 1 heterocycles. The van der Waals surface area contributed by atoms with Gasteiger partial charge in [0.1, 0.15) is 0 Å². The Balaban J connectivity index is 2.22. The summed E-state index contributed by atoms with van der Waals surface area (Å²) in [6.45, 7) is 2.06. The van der Waals surface area contributed by atoms with E-state index in [0.717, 1.165) is 34.0 Å². The van der Waals surface area contributed by atoms with Crippen LogP contribution in [0.1, 0.15) is 15.9 Å². The topological polar surface area (TPSA) is 34.9 Å². The van der Waals surface area contributed by atoms with Crippen molar-refractivity contribution in [3.8, 4) is 11.1 Å². The second-order valence-corrected chi connectivity index (χ2v) is 7.23. The van der Waals surface area contributed by atoms with Gasteiger partial charge in [-0.2, -0.15) is 0 Å². The fourth-order valence-corrected chi connectivity index (χ4v) is 3.57. The molecule has 0 saturated heterocycles. The SMILES string of the molecule is Cc1cc2nc[n]([Tl])c2cc1-c1ccc(C=O)c(Cl)c1. The number of benzene rings is 2. The van der Waals surface area contributed by atoms with Crippen LogP contribution >= 0.6 is 11.6 Å². The maximum atomic E-state index is 10.8. The zero-order valence-electron chi connectivity index (χ0n) is 10.8. The van der Waals surface area contributed by atoms with Gasteiger partial charge in [-0.15, -0.1) is 0 Å². The standard InChI is InChI=1S/C15H11ClN2O.Tl/c1-9-4-14-15(18-8-17-14)6-12(9)10-2-3-11(7-19)13(16)5-10;/h2-8H,1H3,(H,17,18,19);/q;+1/p-1. The molecule has 3 rings (SSSR count). The first-order valence-electron chi connectivity index (χ1n) is 6.08. The Hall–Kier alpha value is -1.21. The third-order valence-electron chi connectivity index (χ3n) is 3.36. The number of carbonyl (C=O) groups is 1. The number of fused-ring (bicyclic) bond motifs is 1. The minimum absolute atomic E-state index is 0.484. The summed E-state index contributed by atoms with van der Waals surface area (Å²) < 4.78 is 2.15. The summed E-state index contributed by atoms with van der Waals surface area (Å²) in [5.41, 5.74) is 5.97.